The molecule has 0 aliphatic heterocycles. The Labute approximate surface area is 138 Å². The summed E-state index contributed by atoms with van der Waals surface area (Å²) in [4.78, 5) is 17.6. The Morgan fingerprint density at radius 1 is 1.35 bits per heavy atom. The Morgan fingerprint density at radius 3 is 2.83 bits per heavy atom. The van der Waals surface area contributed by atoms with Gasteiger partial charge in [-0.3, -0.25) is 0 Å². The second kappa shape index (κ2) is 6.04. The van der Waals surface area contributed by atoms with Crippen molar-refractivity contribution in [1.29, 1.82) is 0 Å². The molecular formula is C17H19N3O2S. The van der Waals surface area contributed by atoms with E-state index in [1.807, 2.05) is 57.3 Å². The molecule has 3 rings (SSSR count). The van der Waals surface area contributed by atoms with E-state index in [1.165, 1.54) is 0 Å². The zero-order chi connectivity index (χ0) is 16.4. The first-order valence-corrected chi connectivity index (χ1v) is 8.22. The van der Waals surface area contributed by atoms with Crippen molar-refractivity contribution in [3.63, 3.8) is 0 Å². The highest BCUT2D eigenvalue weighted by molar-refractivity contribution is 7.11. The average Bonchev–Trinajstić information content (AvgIpc) is 3.10. The monoisotopic (exact) mass is 329 g/mol. The summed E-state index contributed by atoms with van der Waals surface area (Å²) < 4.78 is 5.68. The number of furan rings is 1. The normalized spacial score (nSPS) is 11.6. The average molecular weight is 329 g/mol. The molecule has 2 amide bonds. The Kier molecular flexibility index (Phi) is 4.09. The number of para-hydroxylation sites is 1. The molecule has 3 aromatic rings. The van der Waals surface area contributed by atoms with Crippen molar-refractivity contribution in [3.8, 4) is 0 Å². The van der Waals surface area contributed by atoms with Gasteiger partial charge in [-0.05, 0) is 32.9 Å². The highest BCUT2D eigenvalue weighted by Crippen LogP contribution is 2.24. The van der Waals surface area contributed by atoms with Crippen LogP contribution in [0.2, 0.25) is 0 Å². The zero-order valence-corrected chi connectivity index (χ0v) is 14.2. The Balaban J connectivity index is 1.61. The standard InChI is InChI=1S/C17H19N3O2S/c1-11-9-18-15(23-11)17(2,3)20-16(21)19-10-13-8-12-6-4-5-7-14(12)22-13/h4-9H,10H2,1-3H3,(H2,19,20,21). The van der Waals surface area contributed by atoms with Crippen molar-refractivity contribution in [2.24, 2.45) is 0 Å². The van der Waals surface area contributed by atoms with Crippen LogP contribution in [0.5, 0.6) is 0 Å². The summed E-state index contributed by atoms with van der Waals surface area (Å²) in [6.45, 7) is 6.21. The van der Waals surface area contributed by atoms with E-state index in [2.05, 4.69) is 15.6 Å². The smallest absolute Gasteiger partial charge is 0.315 e. The van der Waals surface area contributed by atoms with Gasteiger partial charge in [-0.2, -0.15) is 0 Å². The molecule has 5 nitrogen and oxygen atoms in total. The maximum atomic E-state index is 12.1. The van der Waals surface area contributed by atoms with Crippen LogP contribution >= 0.6 is 11.3 Å². The van der Waals surface area contributed by atoms with E-state index in [4.69, 9.17) is 4.42 Å². The largest absolute Gasteiger partial charge is 0.459 e. The number of carbonyl (C=O) groups is 1. The number of hydrogen-bond donors (Lipinski definition) is 2. The SMILES string of the molecule is Cc1cnc(C(C)(C)NC(=O)NCc2cc3ccccc3o2)s1. The third kappa shape index (κ3) is 3.53. The lowest BCUT2D eigenvalue weighted by molar-refractivity contribution is 0.228. The van der Waals surface area contributed by atoms with Gasteiger partial charge in [0.25, 0.3) is 0 Å². The van der Waals surface area contributed by atoms with Gasteiger partial charge in [0.1, 0.15) is 16.4 Å². The van der Waals surface area contributed by atoms with Gasteiger partial charge in [-0.1, -0.05) is 18.2 Å². The van der Waals surface area contributed by atoms with Crippen LogP contribution in [0.3, 0.4) is 0 Å². The van der Waals surface area contributed by atoms with Crippen molar-refractivity contribution < 1.29 is 9.21 Å². The van der Waals surface area contributed by atoms with Gasteiger partial charge < -0.3 is 15.1 Å². The number of fused-ring (bicyclic) bond motifs is 1. The van der Waals surface area contributed by atoms with Gasteiger partial charge >= 0.3 is 6.03 Å². The summed E-state index contributed by atoms with van der Waals surface area (Å²) in [5, 5.41) is 7.69. The second-order valence-electron chi connectivity index (χ2n) is 5.96. The predicted octanol–water partition coefficient (Wildman–Crippen LogP) is 3.93. The lowest BCUT2D eigenvalue weighted by Crippen LogP contribution is -2.46. The minimum atomic E-state index is -0.517. The Morgan fingerprint density at radius 2 is 2.13 bits per heavy atom. The lowest BCUT2D eigenvalue weighted by atomic mass is 10.1. The van der Waals surface area contributed by atoms with Gasteiger partial charge in [0.15, 0.2) is 0 Å². The van der Waals surface area contributed by atoms with Gasteiger partial charge in [-0.15, -0.1) is 11.3 Å². The molecule has 0 saturated heterocycles. The first kappa shape index (κ1) is 15.6. The summed E-state index contributed by atoms with van der Waals surface area (Å²) in [6, 6.07) is 9.46. The first-order chi connectivity index (χ1) is 10.9. The third-order valence-corrected chi connectivity index (χ3v) is 4.72. The molecule has 0 fully saturated rings. The molecule has 0 atom stereocenters. The molecule has 2 heterocycles. The van der Waals surface area contributed by atoms with E-state index in [0.717, 1.165) is 26.6 Å². The minimum Gasteiger partial charge on any atom is -0.459 e. The van der Waals surface area contributed by atoms with E-state index in [-0.39, 0.29) is 6.03 Å². The number of rotatable bonds is 4. The Bertz CT molecular complexity index is 802. The van der Waals surface area contributed by atoms with Crippen LogP contribution in [-0.2, 0) is 12.1 Å². The number of amides is 2. The van der Waals surface area contributed by atoms with E-state index in [1.54, 1.807) is 11.3 Å². The summed E-state index contributed by atoms with van der Waals surface area (Å²) in [5.74, 6) is 0.726. The van der Waals surface area contributed by atoms with E-state index in [9.17, 15) is 4.79 Å². The number of hydrogen-bond acceptors (Lipinski definition) is 4. The van der Waals surface area contributed by atoms with Gasteiger partial charge in [0.05, 0.1) is 12.1 Å². The molecular weight excluding hydrogens is 310 g/mol. The molecule has 0 spiro atoms. The fourth-order valence-corrected chi connectivity index (χ4v) is 3.14. The Hall–Kier alpha value is -2.34. The number of thiazole rings is 1. The number of benzene rings is 1. The van der Waals surface area contributed by atoms with E-state index >= 15 is 0 Å². The van der Waals surface area contributed by atoms with Crippen molar-refractivity contribution in [3.05, 3.63) is 52.2 Å². The zero-order valence-electron chi connectivity index (χ0n) is 13.3. The van der Waals surface area contributed by atoms with Crippen molar-refractivity contribution in [1.82, 2.24) is 15.6 Å². The van der Waals surface area contributed by atoms with Crippen LogP contribution in [-0.4, -0.2) is 11.0 Å². The maximum Gasteiger partial charge on any atom is 0.315 e. The molecule has 0 aliphatic rings. The molecule has 2 N–H and O–H groups in total. The van der Waals surface area contributed by atoms with Crippen LogP contribution in [0.25, 0.3) is 11.0 Å². The van der Waals surface area contributed by atoms with Crippen LogP contribution in [0.15, 0.2) is 40.9 Å². The fraction of sp³-hybridized carbons (Fsp3) is 0.294. The predicted molar refractivity (Wildman–Crippen MR) is 91.5 cm³/mol. The number of carbonyl (C=O) groups excluding carboxylic acids is 1. The van der Waals surface area contributed by atoms with Gasteiger partial charge in [0, 0.05) is 16.5 Å². The van der Waals surface area contributed by atoms with Crippen LogP contribution in [0, 0.1) is 6.92 Å². The summed E-state index contributed by atoms with van der Waals surface area (Å²) in [5.41, 5.74) is 0.306. The molecule has 0 unspecified atom stereocenters. The topological polar surface area (TPSA) is 67.2 Å². The van der Waals surface area contributed by atoms with Crippen molar-refractivity contribution in [2.45, 2.75) is 32.9 Å². The first-order valence-electron chi connectivity index (χ1n) is 7.40. The summed E-state index contributed by atoms with van der Waals surface area (Å²) in [6.07, 6.45) is 1.82. The highest BCUT2D eigenvalue weighted by Gasteiger charge is 2.26. The van der Waals surface area contributed by atoms with Crippen molar-refractivity contribution in [2.75, 3.05) is 0 Å². The van der Waals surface area contributed by atoms with Crippen molar-refractivity contribution >= 4 is 28.3 Å². The molecule has 2 aromatic heterocycles. The molecule has 120 valence electrons. The van der Waals surface area contributed by atoms with Crippen LogP contribution < -0.4 is 10.6 Å². The molecule has 6 heteroatoms. The van der Waals surface area contributed by atoms with Crippen LogP contribution in [0.4, 0.5) is 4.79 Å². The summed E-state index contributed by atoms with van der Waals surface area (Å²) >= 11 is 1.58. The lowest BCUT2D eigenvalue weighted by Gasteiger charge is -2.23. The molecule has 0 radical (unpaired) electrons. The third-order valence-electron chi connectivity index (χ3n) is 3.48. The van der Waals surface area contributed by atoms with E-state index < -0.39 is 5.54 Å². The quantitative estimate of drug-likeness (QED) is 0.762. The number of nitrogens with zero attached hydrogens (tertiary/aromatic N) is 1. The molecule has 1 aromatic carbocycles. The van der Waals surface area contributed by atoms with Gasteiger partial charge in [0.2, 0.25) is 0 Å². The number of urea groups is 1. The summed E-state index contributed by atoms with van der Waals surface area (Å²) in [7, 11) is 0. The van der Waals surface area contributed by atoms with Crippen LogP contribution in [0.1, 0.15) is 29.5 Å². The molecule has 0 bridgehead atoms. The fourth-order valence-electron chi connectivity index (χ4n) is 2.32. The number of aromatic nitrogens is 1. The number of nitrogens with one attached hydrogen (secondary N) is 2. The van der Waals surface area contributed by atoms with E-state index in [0.29, 0.717) is 6.54 Å². The second-order valence-corrected chi connectivity index (χ2v) is 7.19. The molecule has 23 heavy (non-hydrogen) atoms. The highest BCUT2D eigenvalue weighted by atomic mass is 32.1. The molecule has 0 aliphatic carbocycles. The number of aryl methyl sites for hydroxylation is 1. The van der Waals surface area contributed by atoms with Gasteiger partial charge in [-0.25, -0.2) is 9.78 Å². The maximum absolute atomic E-state index is 12.1. The minimum absolute atomic E-state index is 0.247. The molecule has 0 saturated carbocycles.